The van der Waals surface area contributed by atoms with Gasteiger partial charge in [-0.2, -0.15) is 4.98 Å². The van der Waals surface area contributed by atoms with Gasteiger partial charge in [-0.1, -0.05) is 0 Å². The highest BCUT2D eigenvalue weighted by Crippen LogP contribution is 2.30. The Morgan fingerprint density at radius 3 is 2.22 bits per heavy atom. The van der Waals surface area contributed by atoms with Gasteiger partial charge >= 0.3 is 0 Å². The van der Waals surface area contributed by atoms with Gasteiger partial charge in [0.2, 0.25) is 5.95 Å². The van der Waals surface area contributed by atoms with Crippen LogP contribution in [-0.2, 0) is 6.42 Å². The molecule has 0 radical (unpaired) electrons. The monoisotopic (exact) mass is 429 g/mol. The summed E-state index contributed by atoms with van der Waals surface area (Å²) >= 11 is 0. The fraction of sp³-hybridized carbons (Fsp3) is 0.174. The minimum absolute atomic E-state index is 0.196. The Morgan fingerprint density at radius 2 is 1.56 bits per heavy atom. The van der Waals surface area contributed by atoms with Gasteiger partial charge in [0.1, 0.15) is 17.3 Å². The fourth-order valence-corrected chi connectivity index (χ4v) is 3.17. The molecule has 4 aromatic rings. The molecule has 0 bridgehead atoms. The zero-order valence-corrected chi connectivity index (χ0v) is 17.8. The van der Waals surface area contributed by atoms with E-state index in [1.165, 1.54) is 5.56 Å². The smallest absolute Gasteiger partial charge is 0.221 e. The predicted molar refractivity (Wildman–Crippen MR) is 122 cm³/mol. The van der Waals surface area contributed by atoms with Crippen molar-refractivity contribution in [3.8, 4) is 34.0 Å². The summed E-state index contributed by atoms with van der Waals surface area (Å²) in [5.41, 5.74) is 9.33. The lowest BCUT2D eigenvalue weighted by Gasteiger charge is -2.12. The number of aromatic nitrogens is 5. The standard InChI is InChI=1S/C23H23N7O2/c1-31-18-9-16(10-19(11-18)32-2)21-27-12-17(13-28-21)20-14-29-23(24)30-22(20)26-8-5-15-3-6-25-7-4-15/h3-4,6-7,9-14H,5,8H2,1-2H3,(H3,24,26,29,30). The number of rotatable bonds is 8. The molecule has 0 amide bonds. The molecule has 0 spiro atoms. The third kappa shape index (κ3) is 4.89. The molecule has 0 saturated heterocycles. The third-order valence-corrected chi connectivity index (χ3v) is 4.84. The average Bonchev–Trinajstić information content (AvgIpc) is 2.84. The largest absolute Gasteiger partial charge is 0.497 e. The van der Waals surface area contributed by atoms with E-state index in [0.29, 0.717) is 29.7 Å². The van der Waals surface area contributed by atoms with E-state index in [1.807, 2.05) is 24.3 Å². The number of nitrogen functional groups attached to an aromatic ring is 1. The Hall–Kier alpha value is -4.27. The Morgan fingerprint density at radius 1 is 0.875 bits per heavy atom. The molecule has 3 N–H and O–H groups in total. The topological polar surface area (TPSA) is 121 Å². The minimum atomic E-state index is 0.196. The number of hydrogen-bond acceptors (Lipinski definition) is 9. The summed E-state index contributed by atoms with van der Waals surface area (Å²) in [6, 6.07) is 9.48. The first-order valence-corrected chi connectivity index (χ1v) is 9.97. The van der Waals surface area contributed by atoms with Gasteiger partial charge in [0.15, 0.2) is 5.82 Å². The Balaban J connectivity index is 1.56. The van der Waals surface area contributed by atoms with Crippen molar-refractivity contribution in [2.45, 2.75) is 6.42 Å². The zero-order chi connectivity index (χ0) is 22.3. The molecule has 32 heavy (non-hydrogen) atoms. The molecule has 3 heterocycles. The van der Waals surface area contributed by atoms with Crippen LogP contribution in [0, 0.1) is 0 Å². The van der Waals surface area contributed by atoms with Crippen LogP contribution in [0.1, 0.15) is 5.56 Å². The van der Waals surface area contributed by atoms with Crippen LogP contribution in [0.15, 0.2) is 61.3 Å². The van der Waals surface area contributed by atoms with Gasteiger partial charge in [0.05, 0.1) is 14.2 Å². The molecule has 1 aromatic carbocycles. The van der Waals surface area contributed by atoms with Crippen LogP contribution in [-0.4, -0.2) is 45.7 Å². The number of anilines is 2. The molecule has 4 rings (SSSR count). The van der Waals surface area contributed by atoms with Crippen LogP contribution in [0.4, 0.5) is 11.8 Å². The first kappa shape index (κ1) is 21.0. The van der Waals surface area contributed by atoms with Crippen molar-refractivity contribution < 1.29 is 9.47 Å². The van der Waals surface area contributed by atoms with Crippen LogP contribution in [0.25, 0.3) is 22.5 Å². The van der Waals surface area contributed by atoms with Crippen LogP contribution in [0.5, 0.6) is 11.5 Å². The summed E-state index contributed by atoms with van der Waals surface area (Å²) in [4.78, 5) is 21.6. The molecule has 0 aliphatic carbocycles. The molecule has 0 saturated carbocycles. The summed E-state index contributed by atoms with van der Waals surface area (Å²) < 4.78 is 10.7. The second kappa shape index (κ2) is 9.69. The van der Waals surface area contributed by atoms with Crippen LogP contribution >= 0.6 is 0 Å². The summed E-state index contributed by atoms with van der Waals surface area (Å²) in [7, 11) is 3.21. The second-order valence-corrected chi connectivity index (χ2v) is 6.92. The summed E-state index contributed by atoms with van der Waals surface area (Å²) in [6.07, 6.45) is 9.51. The predicted octanol–water partition coefficient (Wildman–Crippen LogP) is 3.25. The van der Waals surface area contributed by atoms with Crippen LogP contribution in [0.3, 0.4) is 0 Å². The van der Waals surface area contributed by atoms with Crippen molar-refractivity contribution in [3.05, 3.63) is 66.9 Å². The highest BCUT2D eigenvalue weighted by atomic mass is 16.5. The SMILES string of the molecule is COc1cc(OC)cc(-c2ncc(-c3cnc(N)nc3NCCc3ccncc3)cn2)c1. The highest BCUT2D eigenvalue weighted by Gasteiger charge is 2.12. The molecular formula is C23H23N7O2. The van der Waals surface area contributed by atoms with E-state index >= 15 is 0 Å². The lowest BCUT2D eigenvalue weighted by atomic mass is 10.1. The van der Waals surface area contributed by atoms with Gasteiger partial charge < -0.3 is 20.5 Å². The number of nitrogens with zero attached hydrogens (tertiary/aromatic N) is 5. The van der Waals surface area contributed by atoms with Gasteiger partial charge in [-0.25, -0.2) is 15.0 Å². The van der Waals surface area contributed by atoms with Crippen LogP contribution < -0.4 is 20.5 Å². The zero-order valence-electron chi connectivity index (χ0n) is 17.8. The van der Waals surface area contributed by atoms with Crippen molar-refractivity contribution in [1.82, 2.24) is 24.9 Å². The van der Waals surface area contributed by atoms with E-state index < -0.39 is 0 Å². The van der Waals surface area contributed by atoms with Gasteiger partial charge in [-0.15, -0.1) is 0 Å². The number of methoxy groups -OCH3 is 2. The lowest BCUT2D eigenvalue weighted by Crippen LogP contribution is -2.09. The molecule has 162 valence electrons. The third-order valence-electron chi connectivity index (χ3n) is 4.84. The highest BCUT2D eigenvalue weighted by molar-refractivity contribution is 5.74. The van der Waals surface area contributed by atoms with E-state index in [4.69, 9.17) is 15.2 Å². The maximum absolute atomic E-state index is 5.82. The maximum atomic E-state index is 5.82. The number of ether oxygens (including phenoxy) is 2. The maximum Gasteiger partial charge on any atom is 0.221 e. The number of nitrogens with two attached hydrogens (primary N) is 1. The number of nitrogens with one attached hydrogen (secondary N) is 1. The van der Waals surface area contributed by atoms with E-state index in [-0.39, 0.29) is 5.95 Å². The first-order chi connectivity index (χ1) is 15.7. The Labute approximate surface area is 185 Å². The van der Waals surface area contributed by atoms with Gasteiger partial charge in [0.25, 0.3) is 0 Å². The fourth-order valence-electron chi connectivity index (χ4n) is 3.17. The molecule has 0 atom stereocenters. The Kier molecular flexibility index (Phi) is 6.35. The molecule has 0 aliphatic heterocycles. The first-order valence-electron chi connectivity index (χ1n) is 9.97. The average molecular weight is 429 g/mol. The Bertz CT molecular complexity index is 1160. The number of pyridine rings is 1. The van der Waals surface area contributed by atoms with Crippen LogP contribution in [0.2, 0.25) is 0 Å². The van der Waals surface area contributed by atoms with E-state index in [9.17, 15) is 0 Å². The quantitative estimate of drug-likeness (QED) is 0.435. The second-order valence-electron chi connectivity index (χ2n) is 6.92. The van der Waals surface area contributed by atoms with Gasteiger partial charge in [-0.05, 0) is 36.2 Å². The molecular weight excluding hydrogens is 406 g/mol. The number of hydrogen-bond donors (Lipinski definition) is 2. The summed E-state index contributed by atoms with van der Waals surface area (Å²) in [5, 5.41) is 3.34. The van der Waals surface area contributed by atoms with Crippen molar-refractivity contribution in [2.24, 2.45) is 0 Å². The molecule has 0 aliphatic rings. The normalized spacial score (nSPS) is 10.6. The van der Waals surface area contributed by atoms with E-state index in [0.717, 1.165) is 23.1 Å². The molecule has 3 aromatic heterocycles. The van der Waals surface area contributed by atoms with E-state index in [2.05, 4.69) is 30.2 Å². The molecule has 9 nitrogen and oxygen atoms in total. The van der Waals surface area contributed by atoms with E-state index in [1.54, 1.807) is 51.3 Å². The van der Waals surface area contributed by atoms with Crippen molar-refractivity contribution in [3.63, 3.8) is 0 Å². The lowest BCUT2D eigenvalue weighted by molar-refractivity contribution is 0.394. The summed E-state index contributed by atoms with van der Waals surface area (Å²) in [5.74, 6) is 2.71. The van der Waals surface area contributed by atoms with Crippen molar-refractivity contribution >= 4 is 11.8 Å². The number of benzene rings is 1. The van der Waals surface area contributed by atoms with Gasteiger partial charge in [-0.3, -0.25) is 4.98 Å². The molecule has 0 fully saturated rings. The molecule has 9 heteroatoms. The van der Waals surface area contributed by atoms with Gasteiger partial charge in [0, 0.05) is 60.3 Å². The molecule has 0 unspecified atom stereocenters. The van der Waals surface area contributed by atoms with Crippen molar-refractivity contribution in [2.75, 3.05) is 31.8 Å². The summed E-state index contributed by atoms with van der Waals surface area (Å²) in [6.45, 7) is 0.677. The minimum Gasteiger partial charge on any atom is -0.497 e. The van der Waals surface area contributed by atoms with Crippen molar-refractivity contribution in [1.29, 1.82) is 0 Å².